The molecule has 0 N–H and O–H groups in total. The minimum atomic E-state index is -2.86. The van der Waals surface area contributed by atoms with Crippen LogP contribution in [-0.4, -0.2) is 44.8 Å². The van der Waals surface area contributed by atoms with Crippen molar-refractivity contribution in [2.24, 2.45) is 5.92 Å². The standard InChI is InChI=1S/C23H18ClF3N10O/c24-16-4-6-18(35-12-29-32-33-35)20(21(16)25)14-3-5-17(36(38)10-14)19(7-13-1-2-13)34-9-15(8-30-34)22-28-11-31-37(22)23(26)27/h3-6,8-13,19,23H,1-2,7H2/t19-/m0/s1. The fraction of sp³-hybridized carbons (Fsp3) is 0.261. The minimum Gasteiger partial charge on any atom is -0.618 e. The van der Waals surface area contributed by atoms with Crippen LogP contribution in [0.1, 0.15) is 37.5 Å². The van der Waals surface area contributed by atoms with Crippen LogP contribution in [0.3, 0.4) is 0 Å². The van der Waals surface area contributed by atoms with Crippen molar-refractivity contribution in [3.63, 3.8) is 0 Å². The van der Waals surface area contributed by atoms with Crippen LogP contribution in [0.25, 0.3) is 28.2 Å². The molecule has 1 fully saturated rings. The van der Waals surface area contributed by atoms with Gasteiger partial charge >= 0.3 is 6.55 Å². The van der Waals surface area contributed by atoms with Gasteiger partial charge in [-0.15, -0.1) is 5.10 Å². The molecule has 1 aliphatic carbocycles. The van der Waals surface area contributed by atoms with Gasteiger partial charge in [0.05, 0.1) is 33.6 Å². The average molecular weight is 543 g/mol. The van der Waals surface area contributed by atoms with E-state index in [2.05, 4.69) is 30.7 Å². The van der Waals surface area contributed by atoms with Gasteiger partial charge in [0, 0.05) is 12.3 Å². The SMILES string of the molecule is [O-][n+]1cc(-c2c(-n3cnnn3)ccc(Cl)c2F)ccc1[C@H](CC1CC1)n1cc(-c2ncnn2C(F)F)cn1. The fourth-order valence-electron chi connectivity index (χ4n) is 4.43. The first kappa shape index (κ1) is 24.0. The van der Waals surface area contributed by atoms with Crippen molar-refractivity contribution < 1.29 is 17.9 Å². The highest BCUT2D eigenvalue weighted by atomic mass is 35.5. The highest BCUT2D eigenvalue weighted by Crippen LogP contribution is 2.39. The zero-order valence-corrected chi connectivity index (χ0v) is 20.2. The molecular formula is C23H18ClF3N10O. The summed E-state index contributed by atoms with van der Waals surface area (Å²) in [6.07, 6.45) is 9.24. The minimum absolute atomic E-state index is 0.0340. The average Bonchev–Trinajstić information content (AvgIpc) is 3.31. The van der Waals surface area contributed by atoms with Crippen molar-refractivity contribution in [2.75, 3.05) is 0 Å². The number of rotatable bonds is 8. The third-order valence-electron chi connectivity index (χ3n) is 6.43. The van der Waals surface area contributed by atoms with Crippen LogP contribution in [-0.2, 0) is 0 Å². The Balaban J connectivity index is 1.39. The Hall–Kier alpha value is -4.33. The van der Waals surface area contributed by atoms with Gasteiger partial charge in [0.2, 0.25) is 5.69 Å². The highest BCUT2D eigenvalue weighted by molar-refractivity contribution is 6.31. The molecule has 5 aromatic rings. The molecule has 11 nitrogen and oxygen atoms in total. The van der Waals surface area contributed by atoms with Crippen molar-refractivity contribution in [1.29, 1.82) is 0 Å². The molecule has 1 saturated carbocycles. The number of hydrogen-bond donors (Lipinski definition) is 0. The summed E-state index contributed by atoms with van der Waals surface area (Å²) in [6, 6.07) is 5.66. The normalized spacial score (nSPS) is 14.3. The molecule has 38 heavy (non-hydrogen) atoms. The summed E-state index contributed by atoms with van der Waals surface area (Å²) >= 11 is 6.05. The van der Waals surface area contributed by atoms with Crippen molar-refractivity contribution in [3.8, 4) is 28.2 Å². The van der Waals surface area contributed by atoms with E-state index in [-0.39, 0.29) is 22.0 Å². The van der Waals surface area contributed by atoms with Crippen LogP contribution in [0.2, 0.25) is 5.02 Å². The first-order chi connectivity index (χ1) is 18.4. The lowest BCUT2D eigenvalue weighted by atomic mass is 10.0. The Morgan fingerprint density at radius 1 is 1.13 bits per heavy atom. The molecule has 1 aromatic carbocycles. The lowest BCUT2D eigenvalue weighted by Crippen LogP contribution is -2.35. The Bertz CT molecular complexity index is 1600. The Labute approximate surface area is 217 Å². The summed E-state index contributed by atoms with van der Waals surface area (Å²) < 4.78 is 45.8. The first-order valence-corrected chi connectivity index (χ1v) is 12.0. The van der Waals surface area contributed by atoms with Crippen LogP contribution in [0.4, 0.5) is 13.2 Å². The Kier molecular flexibility index (Phi) is 6.02. The molecule has 4 aromatic heterocycles. The fourth-order valence-corrected chi connectivity index (χ4v) is 4.59. The zero-order chi connectivity index (χ0) is 26.4. The van der Waals surface area contributed by atoms with Crippen LogP contribution >= 0.6 is 11.6 Å². The topological polar surface area (TPSA) is 119 Å². The third kappa shape index (κ3) is 4.36. The van der Waals surface area contributed by atoms with Gasteiger partial charge in [0.25, 0.3) is 0 Å². The van der Waals surface area contributed by atoms with Crippen molar-refractivity contribution in [1.82, 2.24) is 44.8 Å². The van der Waals surface area contributed by atoms with Crippen LogP contribution < -0.4 is 4.73 Å². The second-order valence-electron chi connectivity index (χ2n) is 8.89. The quantitative estimate of drug-likeness (QED) is 0.215. The van der Waals surface area contributed by atoms with Gasteiger partial charge in [-0.3, -0.25) is 4.68 Å². The largest absolute Gasteiger partial charge is 0.618 e. The van der Waals surface area contributed by atoms with Gasteiger partial charge in [0.15, 0.2) is 17.8 Å². The third-order valence-corrected chi connectivity index (χ3v) is 6.73. The van der Waals surface area contributed by atoms with E-state index < -0.39 is 18.4 Å². The number of halogens is 4. The molecular weight excluding hydrogens is 525 g/mol. The van der Waals surface area contributed by atoms with Crippen molar-refractivity contribution in [2.45, 2.75) is 31.9 Å². The predicted octanol–water partition coefficient (Wildman–Crippen LogP) is 3.99. The first-order valence-electron chi connectivity index (χ1n) is 11.6. The van der Waals surface area contributed by atoms with Crippen LogP contribution in [0, 0.1) is 16.9 Å². The van der Waals surface area contributed by atoms with Crippen LogP contribution in [0.5, 0.6) is 0 Å². The summed E-state index contributed by atoms with van der Waals surface area (Å²) in [5.41, 5.74) is 1.33. The van der Waals surface area contributed by atoms with Gasteiger partial charge in [-0.1, -0.05) is 24.4 Å². The molecule has 0 unspecified atom stereocenters. The zero-order valence-electron chi connectivity index (χ0n) is 19.4. The molecule has 0 bridgehead atoms. The number of alkyl halides is 2. The Morgan fingerprint density at radius 2 is 1.97 bits per heavy atom. The molecule has 1 atom stereocenters. The molecule has 0 radical (unpaired) electrons. The molecule has 0 spiro atoms. The van der Waals surface area contributed by atoms with Gasteiger partial charge in [-0.25, -0.2) is 9.37 Å². The molecule has 0 aliphatic heterocycles. The van der Waals surface area contributed by atoms with E-state index in [4.69, 9.17) is 11.6 Å². The molecule has 194 valence electrons. The van der Waals surface area contributed by atoms with E-state index in [0.717, 1.165) is 19.2 Å². The lowest BCUT2D eigenvalue weighted by Gasteiger charge is -2.18. The summed E-state index contributed by atoms with van der Waals surface area (Å²) in [4.78, 5) is 3.92. The highest BCUT2D eigenvalue weighted by Gasteiger charge is 2.33. The second-order valence-corrected chi connectivity index (χ2v) is 9.30. The monoisotopic (exact) mass is 542 g/mol. The lowest BCUT2D eigenvalue weighted by molar-refractivity contribution is -0.615. The maximum absolute atomic E-state index is 15.2. The summed E-state index contributed by atoms with van der Waals surface area (Å²) in [7, 11) is 0. The number of aromatic nitrogens is 10. The number of hydrogen-bond acceptors (Lipinski definition) is 7. The molecule has 4 heterocycles. The smallest absolute Gasteiger partial charge is 0.335 e. The summed E-state index contributed by atoms with van der Waals surface area (Å²) in [5.74, 6) is -0.357. The number of pyridine rings is 1. The van der Waals surface area contributed by atoms with Gasteiger partial charge in [-0.2, -0.15) is 33.1 Å². The van der Waals surface area contributed by atoms with E-state index in [1.54, 1.807) is 29.1 Å². The van der Waals surface area contributed by atoms with E-state index in [9.17, 15) is 14.0 Å². The number of nitrogens with zero attached hydrogens (tertiary/aromatic N) is 10. The molecule has 1 aliphatic rings. The maximum atomic E-state index is 15.2. The number of benzene rings is 1. The van der Waals surface area contributed by atoms with Crippen LogP contribution in [0.15, 0.2) is 55.5 Å². The number of tetrazole rings is 1. The van der Waals surface area contributed by atoms with E-state index in [1.165, 1.54) is 29.5 Å². The van der Waals surface area contributed by atoms with E-state index in [1.807, 2.05) is 0 Å². The van der Waals surface area contributed by atoms with Gasteiger partial charge < -0.3 is 5.21 Å². The molecule has 15 heteroatoms. The second kappa shape index (κ2) is 9.52. The predicted molar refractivity (Wildman–Crippen MR) is 126 cm³/mol. The summed E-state index contributed by atoms with van der Waals surface area (Å²) in [5, 5.41) is 32.2. The maximum Gasteiger partial charge on any atom is 0.335 e. The van der Waals surface area contributed by atoms with Crippen molar-refractivity contribution >= 4 is 11.6 Å². The van der Waals surface area contributed by atoms with E-state index in [0.29, 0.717) is 38.7 Å². The molecule has 0 amide bonds. The Morgan fingerprint density at radius 3 is 2.68 bits per heavy atom. The summed E-state index contributed by atoms with van der Waals surface area (Å²) in [6.45, 7) is -2.86. The van der Waals surface area contributed by atoms with Gasteiger partial charge in [0.1, 0.15) is 18.7 Å². The van der Waals surface area contributed by atoms with Gasteiger partial charge in [-0.05, 0) is 41.0 Å². The molecule has 0 saturated heterocycles. The van der Waals surface area contributed by atoms with E-state index >= 15 is 4.39 Å². The molecule has 6 rings (SSSR count). The van der Waals surface area contributed by atoms with Crippen molar-refractivity contribution in [3.05, 3.63) is 77.3 Å².